The number of benzene rings is 2. The van der Waals surface area contributed by atoms with Crippen LogP contribution in [0.15, 0.2) is 53.4 Å². The second-order valence-electron chi connectivity index (χ2n) is 4.48. The van der Waals surface area contributed by atoms with Crippen LogP contribution in [0.25, 0.3) is 0 Å². The van der Waals surface area contributed by atoms with Gasteiger partial charge in [-0.05, 0) is 30.3 Å². The number of hydrogen-bond donors (Lipinski definition) is 2. The van der Waals surface area contributed by atoms with E-state index in [4.69, 9.17) is 4.74 Å². The van der Waals surface area contributed by atoms with Gasteiger partial charge in [-0.2, -0.15) is 0 Å². The Bertz CT molecular complexity index is 543. The molecular formula is C16H18O3S. The Balaban J connectivity index is 1.92. The molecule has 0 spiro atoms. The molecule has 0 saturated carbocycles. The van der Waals surface area contributed by atoms with Crippen LogP contribution in [0.5, 0.6) is 11.5 Å². The third kappa shape index (κ3) is 4.18. The summed E-state index contributed by atoms with van der Waals surface area (Å²) in [5.74, 6) is 1.45. The maximum Gasteiger partial charge on any atom is 0.119 e. The molecule has 0 aliphatic heterocycles. The lowest BCUT2D eigenvalue weighted by molar-refractivity contribution is 0.199. The van der Waals surface area contributed by atoms with Crippen LogP contribution in [-0.2, 0) is 6.42 Å². The number of aliphatic hydroxyl groups excluding tert-OH is 1. The summed E-state index contributed by atoms with van der Waals surface area (Å²) >= 11 is 1.60. The first kappa shape index (κ1) is 14.8. The monoisotopic (exact) mass is 290 g/mol. The van der Waals surface area contributed by atoms with Crippen LogP contribution < -0.4 is 4.74 Å². The molecular weight excluding hydrogens is 272 g/mol. The van der Waals surface area contributed by atoms with Crippen LogP contribution in [0.1, 0.15) is 5.56 Å². The van der Waals surface area contributed by atoms with E-state index in [0.29, 0.717) is 23.5 Å². The predicted molar refractivity (Wildman–Crippen MR) is 81.5 cm³/mol. The normalized spacial score (nSPS) is 12.1. The van der Waals surface area contributed by atoms with Gasteiger partial charge in [-0.1, -0.05) is 18.2 Å². The number of ether oxygens (including phenoxy) is 1. The first-order valence-corrected chi connectivity index (χ1v) is 7.39. The highest BCUT2D eigenvalue weighted by atomic mass is 32.2. The maximum atomic E-state index is 10.1. The molecule has 0 saturated heterocycles. The number of phenols is 1. The van der Waals surface area contributed by atoms with E-state index in [0.717, 1.165) is 4.90 Å². The molecule has 2 rings (SSSR count). The molecule has 20 heavy (non-hydrogen) atoms. The Morgan fingerprint density at radius 3 is 2.60 bits per heavy atom. The third-order valence-electron chi connectivity index (χ3n) is 2.93. The van der Waals surface area contributed by atoms with Crippen molar-refractivity contribution in [2.75, 3.05) is 12.9 Å². The summed E-state index contributed by atoms with van der Waals surface area (Å²) in [7, 11) is 1.58. The van der Waals surface area contributed by atoms with Gasteiger partial charge in [-0.25, -0.2) is 0 Å². The number of aromatic hydroxyl groups is 1. The second-order valence-corrected chi connectivity index (χ2v) is 5.57. The van der Waals surface area contributed by atoms with Crippen LogP contribution in [0.3, 0.4) is 0 Å². The van der Waals surface area contributed by atoms with Gasteiger partial charge in [0.1, 0.15) is 11.5 Å². The lowest BCUT2D eigenvalue weighted by Crippen LogP contribution is -2.13. The van der Waals surface area contributed by atoms with Crippen molar-refractivity contribution in [3.05, 3.63) is 54.1 Å². The van der Waals surface area contributed by atoms with Crippen molar-refractivity contribution >= 4 is 11.8 Å². The molecule has 0 heterocycles. The van der Waals surface area contributed by atoms with Crippen LogP contribution in [0.4, 0.5) is 0 Å². The molecule has 1 unspecified atom stereocenters. The maximum absolute atomic E-state index is 10.1. The molecule has 2 aromatic rings. The summed E-state index contributed by atoms with van der Waals surface area (Å²) in [5, 5.41) is 19.9. The standard InChI is InChI=1S/C16H18O3S/c1-19-14-7-8-16(18)12(10-14)9-13(17)11-20-15-5-3-2-4-6-15/h2-8,10,13,17-18H,9,11H2,1H3. The minimum atomic E-state index is -0.516. The number of aliphatic hydroxyl groups is 1. The van der Waals surface area contributed by atoms with Crippen LogP contribution in [0, 0.1) is 0 Å². The molecule has 1 atom stereocenters. The first-order chi connectivity index (χ1) is 9.69. The Kier molecular flexibility index (Phi) is 5.32. The molecule has 0 aromatic heterocycles. The van der Waals surface area contributed by atoms with Crippen LogP contribution >= 0.6 is 11.8 Å². The van der Waals surface area contributed by atoms with Gasteiger partial charge in [-0.15, -0.1) is 11.8 Å². The van der Waals surface area contributed by atoms with Gasteiger partial charge >= 0.3 is 0 Å². The SMILES string of the molecule is COc1ccc(O)c(CC(O)CSc2ccccc2)c1. The van der Waals surface area contributed by atoms with Gasteiger partial charge in [-0.3, -0.25) is 0 Å². The number of methoxy groups -OCH3 is 1. The van der Waals surface area contributed by atoms with E-state index >= 15 is 0 Å². The fourth-order valence-electron chi connectivity index (χ4n) is 1.87. The summed E-state index contributed by atoms with van der Waals surface area (Å²) < 4.78 is 5.12. The molecule has 0 aliphatic carbocycles. The average molecular weight is 290 g/mol. The van der Waals surface area contributed by atoms with Gasteiger partial charge in [0.05, 0.1) is 13.2 Å². The van der Waals surface area contributed by atoms with E-state index in [9.17, 15) is 10.2 Å². The summed E-state index contributed by atoms with van der Waals surface area (Å²) in [6.45, 7) is 0. The highest BCUT2D eigenvalue weighted by Crippen LogP contribution is 2.25. The molecule has 0 fully saturated rings. The molecule has 106 valence electrons. The highest BCUT2D eigenvalue weighted by molar-refractivity contribution is 7.99. The fraction of sp³-hybridized carbons (Fsp3) is 0.250. The van der Waals surface area contributed by atoms with E-state index in [2.05, 4.69) is 0 Å². The topological polar surface area (TPSA) is 49.7 Å². The zero-order valence-corrected chi connectivity index (χ0v) is 12.1. The van der Waals surface area contributed by atoms with E-state index in [1.807, 2.05) is 30.3 Å². The predicted octanol–water partition coefficient (Wildman–Crippen LogP) is 3.10. The summed E-state index contributed by atoms with van der Waals surface area (Å²) in [6, 6.07) is 15.0. The zero-order valence-electron chi connectivity index (χ0n) is 11.3. The Morgan fingerprint density at radius 1 is 1.15 bits per heavy atom. The number of hydrogen-bond acceptors (Lipinski definition) is 4. The van der Waals surface area contributed by atoms with Gasteiger partial charge in [0, 0.05) is 22.6 Å². The van der Waals surface area contributed by atoms with E-state index in [1.165, 1.54) is 0 Å². The van der Waals surface area contributed by atoms with Gasteiger partial charge in [0.25, 0.3) is 0 Å². The van der Waals surface area contributed by atoms with Crippen molar-refractivity contribution in [2.45, 2.75) is 17.4 Å². The molecule has 2 N–H and O–H groups in total. The van der Waals surface area contributed by atoms with Crippen molar-refractivity contribution in [3.8, 4) is 11.5 Å². The second kappa shape index (κ2) is 7.22. The molecule has 0 amide bonds. The minimum Gasteiger partial charge on any atom is -0.508 e. The Labute approximate surface area is 123 Å². The largest absolute Gasteiger partial charge is 0.508 e. The summed E-state index contributed by atoms with van der Waals surface area (Å²) in [5.41, 5.74) is 0.700. The van der Waals surface area contributed by atoms with E-state index in [-0.39, 0.29) is 5.75 Å². The quantitative estimate of drug-likeness (QED) is 0.803. The van der Waals surface area contributed by atoms with Crippen molar-refractivity contribution in [2.24, 2.45) is 0 Å². The smallest absolute Gasteiger partial charge is 0.119 e. The van der Waals surface area contributed by atoms with Crippen molar-refractivity contribution in [3.63, 3.8) is 0 Å². The highest BCUT2D eigenvalue weighted by Gasteiger charge is 2.11. The fourth-order valence-corrected chi connectivity index (χ4v) is 2.73. The first-order valence-electron chi connectivity index (χ1n) is 6.41. The molecule has 0 aliphatic rings. The molecule has 2 aromatic carbocycles. The number of rotatable bonds is 6. The molecule has 4 heteroatoms. The summed E-state index contributed by atoms with van der Waals surface area (Å²) in [6.07, 6.45) is -0.110. The van der Waals surface area contributed by atoms with Gasteiger partial charge < -0.3 is 14.9 Å². The summed E-state index contributed by atoms with van der Waals surface area (Å²) in [4.78, 5) is 1.13. The Morgan fingerprint density at radius 2 is 1.90 bits per heavy atom. The third-order valence-corrected chi connectivity index (χ3v) is 4.08. The molecule has 3 nitrogen and oxygen atoms in total. The van der Waals surface area contributed by atoms with Gasteiger partial charge in [0.2, 0.25) is 0 Å². The lowest BCUT2D eigenvalue weighted by Gasteiger charge is -2.12. The molecule has 0 radical (unpaired) electrons. The Hall–Kier alpha value is -1.65. The zero-order chi connectivity index (χ0) is 14.4. The van der Waals surface area contributed by atoms with Crippen LogP contribution in [-0.4, -0.2) is 29.2 Å². The lowest BCUT2D eigenvalue weighted by atomic mass is 10.1. The van der Waals surface area contributed by atoms with Crippen molar-refractivity contribution in [1.82, 2.24) is 0 Å². The number of thioether (sulfide) groups is 1. The van der Waals surface area contributed by atoms with Crippen molar-refractivity contribution < 1.29 is 14.9 Å². The van der Waals surface area contributed by atoms with E-state index in [1.54, 1.807) is 37.1 Å². The number of phenolic OH excluding ortho intramolecular Hbond substituents is 1. The van der Waals surface area contributed by atoms with Crippen LogP contribution in [0.2, 0.25) is 0 Å². The minimum absolute atomic E-state index is 0.189. The van der Waals surface area contributed by atoms with Gasteiger partial charge in [0.15, 0.2) is 0 Å². The average Bonchev–Trinajstić information content (AvgIpc) is 2.48. The molecule has 0 bridgehead atoms. The van der Waals surface area contributed by atoms with E-state index < -0.39 is 6.10 Å². The van der Waals surface area contributed by atoms with Crippen molar-refractivity contribution in [1.29, 1.82) is 0 Å².